The van der Waals surface area contributed by atoms with Crippen molar-refractivity contribution in [1.82, 2.24) is 4.98 Å². The number of amides is 1. The summed E-state index contributed by atoms with van der Waals surface area (Å²) in [5, 5.41) is 0. The number of fused-ring (bicyclic) bond motifs is 1. The van der Waals surface area contributed by atoms with Crippen molar-refractivity contribution in [2.45, 2.75) is 13.5 Å². The Labute approximate surface area is 99.7 Å². The zero-order chi connectivity index (χ0) is 11.8. The van der Waals surface area contributed by atoms with Gasteiger partial charge in [-0.25, -0.2) is 0 Å². The highest BCUT2D eigenvalue weighted by Crippen LogP contribution is 2.28. The highest BCUT2D eigenvalue weighted by Gasteiger charge is 2.28. The van der Waals surface area contributed by atoms with E-state index in [1.165, 1.54) is 5.56 Å². The van der Waals surface area contributed by atoms with E-state index in [9.17, 15) is 4.79 Å². The standard InChI is InChI=1S/C14H12N2O/c1-10-4-5-13-11(7-10)9-16(14(13)17)12-3-2-6-15-8-12/h2-8H,9H2,1H3. The molecule has 17 heavy (non-hydrogen) atoms. The van der Waals surface area contributed by atoms with Gasteiger partial charge in [0.25, 0.3) is 5.91 Å². The van der Waals surface area contributed by atoms with Crippen LogP contribution in [0.5, 0.6) is 0 Å². The molecule has 84 valence electrons. The normalized spacial score (nSPS) is 13.9. The first-order chi connectivity index (χ1) is 8.25. The minimum absolute atomic E-state index is 0.0630. The monoisotopic (exact) mass is 224 g/mol. The van der Waals surface area contributed by atoms with Gasteiger partial charge in [-0.1, -0.05) is 17.7 Å². The second kappa shape index (κ2) is 3.70. The molecule has 1 amide bonds. The number of rotatable bonds is 1. The van der Waals surface area contributed by atoms with Crippen molar-refractivity contribution in [2.75, 3.05) is 4.90 Å². The van der Waals surface area contributed by atoms with Crippen LogP contribution in [0.1, 0.15) is 21.5 Å². The van der Waals surface area contributed by atoms with Gasteiger partial charge in [0.05, 0.1) is 18.4 Å². The van der Waals surface area contributed by atoms with E-state index in [4.69, 9.17) is 0 Å². The summed E-state index contributed by atoms with van der Waals surface area (Å²) in [7, 11) is 0. The number of pyridine rings is 1. The fourth-order valence-corrected chi connectivity index (χ4v) is 2.17. The molecule has 3 heteroatoms. The van der Waals surface area contributed by atoms with Crippen molar-refractivity contribution in [3.8, 4) is 0 Å². The minimum Gasteiger partial charge on any atom is -0.302 e. The summed E-state index contributed by atoms with van der Waals surface area (Å²) in [5.41, 5.74) is 3.94. The molecule has 0 radical (unpaired) electrons. The highest BCUT2D eigenvalue weighted by molar-refractivity contribution is 6.09. The Hall–Kier alpha value is -2.16. The Morgan fingerprint density at radius 3 is 2.94 bits per heavy atom. The quantitative estimate of drug-likeness (QED) is 0.745. The number of aryl methyl sites for hydroxylation is 1. The van der Waals surface area contributed by atoms with Gasteiger partial charge in [-0.3, -0.25) is 9.78 Å². The molecule has 0 saturated heterocycles. The third-order valence-corrected chi connectivity index (χ3v) is 3.02. The Bertz CT molecular complexity index is 578. The third kappa shape index (κ3) is 1.60. The number of anilines is 1. The first kappa shape index (κ1) is 10.0. The number of hydrogen-bond acceptors (Lipinski definition) is 2. The van der Waals surface area contributed by atoms with Crippen LogP contribution in [-0.4, -0.2) is 10.9 Å². The summed E-state index contributed by atoms with van der Waals surface area (Å²) in [6.07, 6.45) is 3.43. The topological polar surface area (TPSA) is 33.2 Å². The molecule has 3 nitrogen and oxygen atoms in total. The van der Waals surface area contributed by atoms with Gasteiger partial charge in [0.15, 0.2) is 0 Å². The summed E-state index contributed by atoms with van der Waals surface area (Å²) in [4.78, 5) is 18.0. The summed E-state index contributed by atoms with van der Waals surface area (Å²) in [6, 6.07) is 9.71. The number of aromatic nitrogens is 1. The number of nitrogens with zero attached hydrogens (tertiary/aromatic N) is 2. The van der Waals surface area contributed by atoms with Crippen molar-refractivity contribution in [3.63, 3.8) is 0 Å². The van der Waals surface area contributed by atoms with E-state index in [1.54, 1.807) is 17.3 Å². The van der Waals surface area contributed by atoms with Crippen molar-refractivity contribution < 1.29 is 4.79 Å². The first-order valence-electron chi connectivity index (χ1n) is 5.57. The Kier molecular flexibility index (Phi) is 2.18. The molecule has 2 heterocycles. The van der Waals surface area contributed by atoms with Crippen molar-refractivity contribution in [2.24, 2.45) is 0 Å². The van der Waals surface area contributed by atoms with Gasteiger partial charge in [-0.15, -0.1) is 0 Å². The van der Waals surface area contributed by atoms with Gasteiger partial charge in [0, 0.05) is 11.8 Å². The van der Waals surface area contributed by atoms with Crippen LogP contribution in [-0.2, 0) is 6.54 Å². The molecular weight excluding hydrogens is 212 g/mol. The molecule has 3 rings (SSSR count). The molecule has 0 fully saturated rings. The van der Waals surface area contributed by atoms with Gasteiger partial charge in [0.1, 0.15) is 0 Å². The lowest BCUT2D eigenvalue weighted by molar-refractivity contribution is 0.0996. The van der Waals surface area contributed by atoms with Gasteiger partial charge in [0.2, 0.25) is 0 Å². The molecule has 0 aliphatic carbocycles. The average molecular weight is 224 g/mol. The smallest absolute Gasteiger partial charge is 0.258 e. The average Bonchev–Trinajstić information content (AvgIpc) is 2.67. The van der Waals surface area contributed by atoms with Crippen molar-refractivity contribution in [3.05, 3.63) is 59.4 Å². The van der Waals surface area contributed by atoms with E-state index in [0.29, 0.717) is 6.54 Å². The number of carbonyl (C=O) groups is 1. The predicted molar refractivity (Wildman–Crippen MR) is 65.9 cm³/mol. The molecule has 0 spiro atoms. The molecule has 1 aromatic heterocycles. The maximum Gasteiger partial charge on any atom is 0.258 e. The molecule has 0 atom stereocenters. The van der Waals surface area contributed by atoms with E-state index in [0.717, 1.165) is 16.8 Å². The van der Waals surface area contributed by atoms with Crippen molar-refractivity contribution >= 4 is 11.6 Å². The van der Waals surface area contributed by atoms with Crippen LogP contribution in [0.25, 0.3) is 0 Å². The number of carbonyl (C=O) groups excluding carboxylic acids is 1. The predicted octanol–water partition coefficient (Wildman–Crippen LogP) is 2.55. The van der Waals surface area contributed by atoms with E-state index in [-0.39, 0.29) is 5.91 Å². The largest absolute Gasteiger partial charge is 0.302 e. The van der Waals surface area contributed by atoms with E-state index >= 15 is 0 Å². The Balaban J connectivity index is 2.02. The molecular formula is C14H12N2O. The van der Waals surface area contributed by atoms with Crippen LogP contribution in [0.3, 0.4) is 0 Å². The second-order valence-electron chi connectivity index (χ2n) is 4.26. The molecule has 0 saturated carbocycles. The summed E-state index contributed by atoms with van der Waals surface area (Å²) < 4.78 is 0. The van der Waals surface area contributed by atoms with Crippen LogP contribution in [0.4, 0.5) is 5.69 Å². The SMILES string of the molecule is Cc1ccc2c(c1)CN(c1cccnc1)C2=O. The summed E-state index contributed by atoms with van der Waals surface area (Å²) in [5.74, 6) is 0.0630. The first-order valence-corrected chi connectivity index (χ1v) is 5.57. The fraction of sp³-hybridized carbons (Fsp3) is 0.143. The van der Waals surface area contributed by atoms with E-state index < -0.39 is 0 Å². The van der Waals surface area contributed by atoms with Crippen molar-refractivity contribution in [1.29, 1.82) is 0 Å². The number of hydrogen-bond donors (Lipinski definition) is 0. The number of benzene rings is 1. The van der Waals surface area contributed by atoms with Crippen LogP contribution < -0.4 is 4.90 Å². The van der Waals surface area contributed by atoms with Crippen LogP contribution in [0, 0.1) is 6.92 Å². The Morgan fingerprint density at radius 1 is 1.29 bits per heavy atom. The molecule has 1 aliphatic rings. The third-order valence-electron chi connectivity index (χ3n) is 3.02. The highest BCUT2D eigenvalue weighted by atomic mass is 16.2. The zero-order valence-corrected chi connectivity index (χ0v) is 9.55. The van der Waals surface area contributed by atoms with Gasteiger partial charge in [-0.05, 0) is 30.7 Å². The molecule has 0 unspecified atom stereocenters. The lowest BCUT2D eigenvalue weighted by Gasteiger charge is -2.14. The molecule has 1 aromatic carbocycles. The lowest BCUT2D eigenvalue weighted by Crippen LogP contribution is -2.22. The molecule has 2 aromatic rings. The summed E-state index contributed by atoms with van der Waals surface area (Å²) >= 11 is 0. The van der Waals surface area contributed by atoms with E-state index in [2.05, 4.69) is 11.1 Å². The van der Waals surface area contributed by atoms with Crippen LogP contribution in [0.15, 0.2) is 42.7 Å². The summed E-state index contributed by atoms with van der Waals surface area (Å²) in [6.45, 7) is 2.68. The van der Waals surface area contributed by atoms with Crippen LogP contribution in [0.2, 0.25) is 0 Å². The van der Waals surface area contributed by atoms with Gasteiger partial charge < -0.3 is 4.90 Å². The fourth-order valence-electron chi connectivity index (χ4n) is 2.17. The maximum atomic E-state index is 12.2. The molecule has 1 aliphatic heterocycles. The molecule has 0 N–H and O–H groups in total. The Morgan fingerprint density at radius 2 is 2.18 bits per heavy atom. The maximum absolute atomic E-state index is 12.2. The van der Waals surface area contributed by atoms with Gasteiger partial charge >= 0.3 is 0 Å². The second-order valence-corrected chi connectivity index (χ2v) is 4.26. The lowest BCUT2D eigenvalue weighted by atomic mass is 10.1. The van der Waals surface area contributed by atoms with Crippen LogP contribution >= 0.6 is 0 Å². The minimum atomic E-state index is 0.0630. The molecule has 0 bridgehead atoms. The zero-order valence-electron chi connectivity index (χ0n) is 9.55. The van der Waals surface area contributed by atoms with Gasteiger partial charge in [-0.2, -0.15) is 0 Å². The van der Waals surface area contributed by atoms with E-state index in [1.807, 2.05) is 31.2 Å².